The number of hydrogen-bond acceptors (Lipinski definition) is 6. The molecule has 166 valence electrons. The Hall–Kier alpha value is -4.29. The minimum absolute atomic E-state index is 0.268. The summed E-state index contributed by atoms with van der Waals surface area (Å²) < 4.78 is 5.68. The van der Waals surface area contributed by atoms with E-state index < -0.39 is 18.4 Å². The summed E-state index contributed by atoms with van der Waals surface area (Å²) in [7, 11) is 1.42. The summed E-state index contributed by atoms with van der Waals surface area (Å²) in [6, 6.07) is 18.4. The molecule has 33 heavy (non-hydrogen) atoms. The molecule has 1 aromatic heterocycles. The predicted octanol–water partition coefficient (Wildman–Crippen LogP) is 4.37. The minimum atomic E-state index is -0.760. The first-order valence-corrected chi connectivity index (χ1v) is 10.3. The fraction of sp³-hybridized carbons (Fsp3) is 0.130. The van der Waals surface area contributed by atoms with E-state index in [2.05, 4.69) is 15.6 Å². The van der Waals surface area contributed by atoms with Gasteiger partial charge >= 0.3 is 12.1 Å². The van der Waals surface area contributed by atoms with Crippen molar-refractivity contribution in [3.63, 3.8) is 0 Å². The lowest BCUT2D eigenvalue weighted by Crippen LogP contribution is -2.65. The molecule has 2 heterocycles. The van der Waals surface area contributed by atoms with Gasteiger partial charge in [0.05, 0.1) is 12.1 Å². The summed E-state index contributed by atoms with van der Waals surface area (Å²) in [5.74, 6) is 0.899. The van der Waals surface area contributed by atoms with Gasteiger partial charge in [-0.2, -0.15) is 5.26 Å². The number of anilines is 1. The SMILES string of the molecule is CN1C(=O)NC(Nc2ccc(Oc3ccc(C#N)cn3)cc2)N(Cc2ccc(Cl)cc2)C1=O. The van der Waals surface area contributed by atoms with Crippen LogP contribution in [0.3, 0.4) is 0 Å². The van der Waals surface area contributed by atoms with Crippen molar-refractivity contribution in [2.45, 2.75) is 12.8 Å². The Balaban J connectivity index is 1.47. The number of nitrogens with one attached hydrogen (secondary N) is 2. The van der Waals surface area contributed by atoms with Crippen molar-refractivity contribution in [3.05, 3.63) is 83.0 Å². The monoisotopic (exact) mass is 462 g/mol. The smallest absolute Gasteiger partial charge is 0.331 e. The second-order valence-electron chi connectivity index (χ2n) is 7.22. The molecule has 1 unspecified atom stereocenters. The van der Waals surface area contributed by atoms with Gasteiger partial charge < -0.3 is 10.1 Å². The van der Waals surface area contributed by atoms with E-state index in [1.54, 1.807) is 48.5 Å². The molecular formula is C23H19ClN6O3. The molecule has 2 aromatic carbocycles. The lowest BCUT2D eigenvalue weighted by molar-refractivity contribution is 0.114. The number of imide groups is 1. The van der Waals surface area contributed by atoms with Crippen LogP contribution in [0.4, 0.5) is 15.3 Å². The van der Waals surface area contributed by atoms with Gasteiger partial charge in [-0.3, -0.25) is 10.2 Å². The third kappa shape index (κ3) is 5.14. The van der Waals surface area contributed by atoms with E-state index in [0.29, 0.717) is 27.9 Å². The number of hydrogen-bond donors (Lipinski definition) is 2. The Morgan fingerprint density at radius 2 is 1.85 bits per heavy atom. The van der Waals surface area contributed by atoms with Crippen LogP contribution in [0.25, 0.3) is 0 Å². The number of carbonyl (C=O) groups is 2. The fourth-order valence-electron chi connectivity index (χ4n) is 3.15. The second kappa shape index (κ2) is 9.46. The van der Waals surface area contributed by atoms with E-state index in [-0.39, 0.29) is 6.54 Å². The maximum Gasteiger partial charge on any atom is 0.331 e. The number of ether oxygens (including phenoxy) is 1. The van der Waals surface area contributed by atoms with Crippen LogP contribution in [-0.4, -0.2) is 40.2 Å². The van der Waals surface area contributed by atoms with Crippen LogP contribution in [0.15, 0.2) is 66.9 Å². The molecule has 0 spiro atoms. The van der Waals surface area contributed by atoms with Crippen LogP contribution in [0.2, 0.25) is 5.02 Å². The quantitative estimate of drug-likeness (QED) is 0.562. The molecule has 0 aliphatic carbocycles. The summed E-state index contributed by atoms with van der Waals surface area (Å²) >= 11 is 5.95. The van der Waals surface area contributed by atoms with Crippen molar-refractivity contribution in [1.82, 2.24) is 20.1 Å². The zero-order valence-electron chi connectivity index (χ0n) is 17.5. The maximum absolute atomic E-state index is 12.8. The van der Waals surface area contributed by atoms with Gasteiger partial charge in [0.2, 0.25) is 5.88 Å². The van der Waals surface area contributed by atoms with Crippen molar-refractivity contribution < 1.29 is 14.3 Å². The van der Waals surface area contributed by atoms with Gasteiger partial charge in [0.25, 0.3) is 0 Å². The minimum Gasteiger partial charge on any atom is -0.439 e. The average molecular weight is 463 g/mol. The Morgan fingerprint density at radius 1 is 1.12 bits per heavy atom. The molecule has 3 aromatic rings. The number of aromatic nitrogens is 1. The molecule has 0 radical (unpaired) electrons. The highest BCUT2D eigenvalue weighted by Gasteiger charge is 2.36. The van der Waals surface area contributed by atoms with E-state index >= 15 is 0 Å². The molecule has 4 rings (SSSR count). The van der Waals surface area contributed by atoms with Gasteiger partial charge in [-0.05, 0) is 48.0 Å². The number of pyridine rings is 1. The maximum atomic E-state index is 12.8. The van der Waals surface area contributed by atoms with Crippen LogP contribution in [-0.2, 0) is 6.54 Å². The van der Waals surface area contributed by atoms with Crippen LogP contribution < -0.4 is 15.4 Å². The fourth-order valence-corrected chi connectivity index (χ4v) is 3.27. The zero-order chi connectivity index (χ0) is 23.4. The number of nitriles is 1. The van der Waals surface area contributed by atoms with E-state index in [1.807, 2.05) is 18.2 Å². The number of carbonyl (C=O) groups excluding carboxylic acids is 2. The first-order valence-electron chi connectivity index (χ1n) is 9.93. The van der Waals surface area contributed by atoms with Gasteiger partial charge in [0.1, 0.15) is 11.8 Å². The van der Waals surface area contributed by atoms with Gasteiger partial charge in [0, 0.05) is 30.0 Å². The number of benzene rings is 2. The van der Waals surface area contributed by atoms with E-state index in [1.165, 1.54) is 18.1 Å². The van der Waals surface area contributed by atoms with Crippen molar-refractivity contribution >= 4 is 29.4 Å². The van der Waals surface area contributed by atoms with E-state index in [9.17, 15) is 9.59 Å². The summed E-state index contributed by atoms with van der Waals surface area (Å²) in [5.41, 5.74) is 1.97. The lowest BCUT2D eigenvalue weighted by atomic mass is 10.2. The molecule has 1 fully saturated rings. The zero-order valence-corrected chi connectivity index (χ0v) is 18.3. The number of rotatable bonds is 6. The Morgan fingerprint density at radius 3 is 2.48 bits per heavy atom. The normalized spacial score (nSPS) is 15.6. The van der Waals surface area contributed by atoms with Crippen LogP contribution in [0.1, 0.15) is 11.1 Å². The van der Waals surface area contributed by atoms with Crippen LogP contribution in [0.5, 0.6) is 11.6 Å². The molecule has 1 saturated heterocycles. The molecule has 2 N–H and O–H groups in total. The van der Waals surface area contributed by atoms with Crippen LogP contribution in [0, 0.1) is 11.3 Å². The van der Waals surface area contributed by atoms with Gasteiger partial charge in [-0.25, -0.2) is 19.5 Å². The standard InChI is InChI=1S/C23H19ClN6O3/c1-29-22(31)28-21(30(23(29)32)14-15-2-5-17(24)6-3-15)27-18-7-9-19(10-8-18)33-20-11-4-16(12-25)13-26-20/h2-11,13,21,27H,14H2,1H3,(H,28,31). The highest BCUT2D eigenvalue weighted by Crippen LogP contribution is 2.23. The van der Waals surface area contributed by atoms with Crippen LogP contribution >= 0.6 is 11.6 Å². The molecule has 10 heteroatoms. The number of halogens is 1. The van der Waals surface area contributed by atoms with Crippen molar-refractivity contribution in [2.24, 2.45) is 0 Å². The molecule has 1 atom stereocenters. The average Bonchev–Trinajstić information content (AvgIpc) is 2.83. The van der Waals surface area contributed by atoms with Crippen molar-refractivity contribution in [2.75, 3.05) is 12.4 Å². The summed E-state index contributed by atoms with van der Waals surface area (Å²) in [6.45, 7) is 0.268. The van der Waals surface area contributed by atoms with E-state index in [0.717, 1.165) is 10.5 Å². The molecule has 1 aliphatic heterocycles. The Labute approximate surface area is 195 Å². The Bertz CT molecular complexity index is 1190. The predicted molar refractivity (Wildman–Crippen MR) is 122 cm³/mol. The molecule has 1 aliphatic rings. The summed E-state index contributed by atoms with van der Waals surface area (Å²) in [5, 5.41) is 15.4. The third-order valence-corrected chi connectivity index (χ3v) is 5.17. The molecule has 9 nitrogen and oxygen atoms in total. The molecular weight excluding hydrogens is 444 g/mol. The summed E-state index contributed by atoms with van der Waals surface area (Å²) in [4.78, 5) is 31.6. The van der Waals surface area contributed by atoms with Gasteiger partial charge in [-0.15, -0.1) is 0 Å². The molecule has 0 bridgehead atoms. The summed E-state index contributed by atoms with van der Waals surface area (Å²) in [6.07, 6.45) is 0.671. The van der Waals surface area contributed by atoms with Crippen molar-refractivity contribution in [1.29, 1.82) is 5.26 Å². The highest BCUT2D eigenvalue weighted by atomic mass is 35.5. The molecule has 0 saturated carbocycles. The van der Waals surface area contributed by atoms with Gasteiger partial charge in [0.15, 0.2) is 6.29 Å². The lowest BCUT2D eigenvalue weighted by Gasteiger charge is -2.40. The molecule has 4 amide bonds. The van der Waals surface area contributed by atoms with Crippen molar-refractivity contribution in [3.8, 4) is 17.7 Å². The Kier molecular flexibility index (Phi) is 6.29. The first-order chi connectivity index (χ1) is 15.9. The highest BCUT2D eigenvalue weighted by molar-refractivity contribution is 6.30. The first kappa shape index (κ1) is 21.9. The third-order valence-electron chi connectivity index (χ3n) is 4.92. The largest absolute Gasteiger partial charge is 0.439 e. The number of amides is 4. The number of urea groups is 2. The van der Waals surface area contributed by atoms with E-state index in [4.69, 9.17) is 21.6 Å². The topological polar surface area (TPSA) is 111 Å². The second-order valence-corrected chi connectivity index (χ2v) is 7.65. The van der Waals surface area contributed by atoms with Gasteiger partial charge in [-0.1, -0.05) is 23.7 Å². The number of nitrogens with zero attached hydrogens (tertiary/aromatic N) is 4.